The number of ether oxygens (including phenoxy) is 1. The summed E-state index contributed by atoms with van der Waals surface area (Å²) in [6.45, 7) is 1.33. The molecule has 1 heterocycles. The number of nitrogens with zero attached hydrogens (tertiary/aromatic N) is 1. The third-order valence-electron chi connectivity index (χ3n) is 3.43. The van der Waals surface area contributed by atoms with Crippen LogP contribution in [0.4, 0.5) is 0 Å². The van der Waals surface area contributed by atoms with Gasteiger partial charge in [0.1, 0.15) is 0 Å². The van der Waals surface area contributed by atoms with Gasteiger partial charge in [-0.3, -0.25) is 4.79 Å². The monoisotopic (exact) mass is 282 g/mol. The highest BCUT2D eigenvalue weighted by Gasteiger charge is 2.31. The third-order valence-corrected chi connectivity index (χ3v) is 3.68. The fourth-order valence-electron chi connectivity index (χ4n) is 2.28. The number of amides is 1. The van der Waals surface area contributed by atoms with E-state index in [9.17, 15) is 4.79 Å². The van der Waals surface area contributed by atoms with E-state index in [2.05, 4.69) is 5.32 Å². The van der Waals surface area contributed by atoms with Crippen molar-refractivity contribution in [1.29, 1.82) is 0 Å². The highest BCUT2D eigenvalue weighted by atomic mass is 35.5. The summed E-state index contributed by atoms with van der Waals surface area (Å²) in [7, 11) is 3.50. The Morgan fingerprint density at radius 2 is 2.16 bits per heavy atom. The molecule has 0 saturated carbocycles. The quantitative estimate of drug-likeness (QED) is 0.913. The second kappa shape index (κ2) is 6.37. The van der Waals surface area contributed by atoms with E-state index in [1.165, 1.54) is 0 Å². The van der Waals surface area contributed by atoms with Crippen LogP contribution in [0.5, 0.6) is 0 Å². The van der Waals surface area contributed by atoms with Crippen molar-refractivity contribution in [3.05, 3.63) is 34.9 Å². The maximum absolute atomic E-state index is 12.3. The lowest BCUT2D eigenvalue weighted by Gasteiger charge is -2.21. The van der Waals surface area contributed by atoms with Gasteiger partial charge in [-0.25, -0.2) is 0 Å². The SMILES string of the molecule is COC1CNC(C(=O)N(C)Cc2ccc(Cl)cc2)C1. The molecular formula is C14H19ClN2O2. The summed E-state index contributed by atoms with van der Waals surface area (Å²) in [5.41, 5.74) is 1.07. The van der Waals surface area contributed by atoms with Gasteiger partial charge in [0.25, 0.3) is 0 Å². The Kier molecular flexibility index (Phi) is 4.80. The number of likely N-dealkylation sites (N-methyl/N-ethyl adjacent to an activating group) is 1. The van der Waals surface area contributed by atoms with Crippen molar-refractivity contribution in [3.8, 4) is 0 Å². The average molecular weight is 283 g/mol. The lowest BCUT2D eigenvalue weighted by Crippen LogP contribution is -2.41. The first-order valence-electron chi connectivity index (χ1n) is 6.35. The van der Waals surface area contributed by atoms with Crippen molar-refractivity contribution in [2.45, 2.75) is 25.1 Å². The standard InChI is InChI=1S/C14H19ClN2O2/c1-17(9-10-3-5-11(15)6-4-10)14(18)13-7-12(19-2)8-16-13/h3-6,12-13,16H,7-9H2,1-2H3. The highest BCUT2D eigenvalue weighted by Crippen LogP contribution is 2.14. The van der Waals surface area contributed by atoms with Crippen molar-refractivity contribution in [1.82, 2.24) is 10.2 Å². The normalized spacial score (nSPS) is 22.5. The Hall–Kier alpha value is -1.10. The summed E-state index contributed by atoms with van der Waals surface area (Å²) in [6.07, 6.45) is 0.873. The van der Waals surface area contributed by atoms with Gasteiger partial charge < -0.3 is 15.0 Å². The number of rotatable bonds is 4. The van der Waals surface area contributed by atoms with Crippen LogP contribution in [0.3, 0.4) is 0 Å². The molecule has 0 bridgehead atoms. The molecule has 4 nitrogen and oxygen atoms in total. The molecule has 2 rings (SSSR count). The molecule has 1 amide bonds. The van der Waals surface area contributed by atoms with Crippen LogP contribution < -0.4 is 5.32 Å². The molecule has 1 aromatic carbocycles. The topological polar surface area (TPSA) is 41.6 Å². The van der Waals surface area contributed by atoms with E-state index in [-0.39, 0.29) is 18.1 Å². The smallest absolute Gasteiger partial charge is 0.239 e. The molecule has 1 N–H and O–H groups in total. The van der Waals surface area contributed by atoms with E-state index in [0.717, 1.165) is 18.5 Å². The molecular weight excluding hydrogens is 264 g/mol. The van der Waals surface area contributed by atoms with Crippen molar-refractivity contribution >= 4 is 17.5 Å². The molecule has 5 heteroatoms. The highest BCUT2D eigenvalue weighted by molar-refractivity contribution is 6.30. The number of carbonyl (C=O) groups excluding carboxylic acids is 1. The molecule has 0 aliphatic carbocycles. The zero-order valence-corrected chi connectivity index (χ0v) is 12.0. The fourth-order valence-corrected chi connectivity index (χ4v) is 2.40. The number of hydrogen-bond acceptors (Lipinski definition) is 3. The molecule has 1 saturated heterocycles. The molecule has 1 aliphatic rings. The van der Waals surface area contributed by atoms with Crippen LogP contribution in [0.1, 0.15) is 12.0 Å². The fraction of sp³-hybridized carbons (Fsp3) is 0.500. The zero-order valence-electron chi connectivity index (χ0n) is 11.2. The number of methoxy groups -OCH3 is 1. The van der Waals surface area contributed by atoms with E-state index in [0.29, 0.717) is 11.6 Å². The van der Waals surface area contributed by atoms with E-state index in [4.69, 9.17) is 16.3 Å². The second-order valence-electron chi connectivity index (χ2n) is 4.88. The minimum atomic E-state index is -0.137. The first kappa shape index (κ1) is 14.3. The van der Waals surface area contributed by atoms with Crippen LogP contribution in [0.25, 0.3) is 0 Å². The maximum Gasteiger partial charge on any atom is 0.239 e. The molecule has 1 fully saturated rings. The predicted octanol–water partition coefficient (Wildman–Crippen LogP) is 1.68. The van der Waals surface area contributed by atoms with Gasteiger partial charge >= 0.3 is 0 Å². The Bertz CT molecular complexity index is 436. The van der Waals surface area contributed by atoms with Gasteiger partial charge in [0.15, 0.2) is 0 Å². The van der Waals surface area contributed by atoms with Gasteiger partial charge in [-0.05, 0) is 24.1 Å². The number of hydrogen-bond donors (Lipinski definition) is 1. The van der Waals surface area contributed by atoms with Crippen LogP contribution in [0.15, 0.2) is 24.3 Å². The molecule has 104 valence electrons. The Balaban J connectivity index is 1.91. The van der Waals surface area contributed by atoms with Crippen LogP contribution in [-0.4, -0.2) is 43.7 Å². The number of halogens is 1. The third kappa shape index (κ3) is 3.69. The van der Waals surface area contributed by atoms with Gasteiger partial charge in [-0.1, -0.05) is 23.7 Å². The van der Waals surface area contributed by atoms with Crippen LogP contribution in [-0.2, 0) is 16.1 Å². The summed E-state index contributed by atoms with van der Waals surface area (Å²) in [4.78, 5) is 14.0. The van der Waals surface area contributed by atoms with Crippen LogP contribution >= 0.6 is 11.6 Å². The van der Waals surface area contributed by atoms with Crippen LogP contribution in [0, 0.1) is 0 Å². The summed E-state index contributed by atoms with van der Waals surface area (Å²) in [6, 6.07) is 7.41. The molecule has 2 atom stereocenters. The zero-order chi connectivity index (χ0) is 13.8. The Labute approximate surface area is 118 Å². The number of nitrogens with one attached hydrogen (secondary N) is 1. The van der Waals surface area contributed by atoms with E-state index < -0.39 is 0 Å². The minimum Gasteiger partial charge on any atom is -0.380 e. The van der Waals surface area contributed by atoms with Crippen molar-refractivity contribution in [2.75, 3.05) is 20.7 Å². The summed E-state index contributed by atoms with van der Waals surface area (Å²) in [5, 5.41) is 3.90. The van der Waals surface area contributed by atoms with Crippen LogP contribution in [0.2, 0.25) is 5.02 Å². The van der Waals surface area contributed by atoms with E-state index in [1.807, 2.05) is 31.3 Å². The number of benzene rings is 1. The Morgan fingerprint density at radius 1 is 1.47 bits per heavy atom. The molecule has 1 aliphatic heterocycles. The van der Waals surface area contributed by atoms with Gasteiger partial charge in [-0.15, -0.1) is 0 Å². The van der Waals surface area contributed by atoms with Crippen molar-refractivity contribution < 1.29 is 9.53 Å². The van der Waals surface area contributed by atoms with Crippen molar-refractivity contribution in [3.63, 3.8) is 0 Å². The van der Waals surface area contributed by atoms with Gasteiger partial charge in [0.05, 0.1) is 12.1 Å². The van der Waals surface area contributed by atoms with Crippen molar-refractivity contribution in [2.24, 2.45) is 0 Å². The van der Waals surface area contributed by atoms with Gasteiger partial charge in [0, 0.05) is 32.3 Å². The van der Waals surface area contributed by atoms with Gasteiger partial charge in [-0.2, -0.15) is 0 Å². The summed E-state index contributed by atoms with van der Waals surface area (Å²) in [5.74, 6) is 0.106. The van der Waals surface area contributed by atoms with E-state index >= 15 is 0 Å². The molecule has 0 aromatic heterocycles. The first-order valence-corrected chi connectivity index (χ1v) is 6.73. The molecule has 0 radical (unpaired) electrons. The predicted molar refractivity (Wildman–Crippen MR) is 75.1 cm³/mol. The largest absolute Gasteiger partial charge is 0.380 e. The Morgan fingerprint density at radius 3 is 2.74 bits per heavy atom. The summed E-state index contributed by atoms with van der Waals surface area (Å²) >= 11 is 5.84. The molecule has 2 unspecified atom stereocenters. The number of carbonyl (C=O) groups is 1. The lowest BCUT2D eigenvalue weighted by atomic mass is 10.1. The summed E-state index contributed by atoms with van der Waals surface area (Å²) < 4.78 is 5.25. The maximum atomic E-state index is 12.3. The molecule has 1 aromatic rings. The van der Waals surface area contributed by atoms with E-state index in [1.54, 1.807) is 12.0 Å². The average Bonchev–Trinajstić information content (AvgIpc) is 2.89. The van der Waals surface area contributed by atoms with Gasteiger partial charge in [0.2, 0.25) is 5.91 Å². The lowest BCUT2D eigenvalue weighted by molar-refractivity contribution is -0.132. The minimum absolute atomic E-state index is 0.106. The molecule has 0 spiro atoms. The second-order valence-corrected chi connectivity index (χ2v) is 5.31. The molecule has 19 heavy (non-hydrogen) atoms. The first-order chi connectivity index (χ1) is 9.10.